The summed E-state index contributed by atoms with van der Waals surface area (Å²) in [5.74, 6) is 0. The molecule has 24 heavy (non-hydrogen) atoms. The molecule has 130 valence electrons. The Labute approximate surface area is 143 Å². The molecule has 7 heteroatoms. The third-order valence-corrected chi connectivity index (χ3v) is 7.53. The van der Waals surface area contributed by atoms with Crippen LogP contribution in [0.25, 0.3) is 0 Å². The third-order valence-electron chi connectivity index (χ3n) is 3.64. The lowest BCUT2D eigenvalue weighted by Crippen LogP contribution is -2.27. The first-order valence-corrected chi connectivity index (χ1v) is 10.3. The number of aryl methyl sites for hydroxylation is 1. The van der Waals surface area contributed by atoms with Crippen molar-refractivity contribution in [3.8, 4) is 0 Å². The van der Waals surface area contributed by atoms with Gasteiger partial charge in [-0.25, -0.2) is 16.8 Å². The van der Waals surface area contributed by atoms with Gasteiger partial charge in [0.2, 0.25) is 0 Å². The smallest absolute Gasteiger partial charge is 0.261 e. The molecule has 0 heterocycles. The first-order chi connectivity index (χ1) is 10.9. The Morgan fingerprint density at radius 3 is 1.79 bits per heavy atom. The normalized spacial score (nSPS) is 12.8. The average Bonchev–Trinajstić information content (AvgIpc) is 2.48. The standard InChI is InChI=1S/C17H21NO4S2/c1-13-7-5-6-8-16(13)18-24(21,22)15-11-9-14(10-12-15)23(19,20)17(2,3)4/h5-12,18H,1-4H3. The van der Waals surface area contributed by atoms with Crippen LogP contribution in [0, 0.1) is 6.92 Å². The summed E-state index contributed by atoms with van der Waals surface area (Å²) in [6, 6.07) is 12.3. The predicted molar refractivity (Wildman–Crippen MR) is 95.4 cm³/mol. The summed E-state index contributed by atoms with van der Waals surface area (Å²) in [7, 11) is -7.30. The Hall–Kier alpha value is -1.86. The van der Waals surface area contributed by atoms with Crippen LogP contribution in [-0.4, -0.2) is 21.6 Å². The molecule has 2 aromatic rings. The zero-order chi connectivity index (χ0) is 18.2. The summed E-state index contributed by atoms with van der Waals surface area (Å²) in [4.78, 5) is 0.114. The van der Waals surface area contributed by atoms with Gasteiger partial charge in [-0.1, -0.05) is 18.2 Å². The molecule has 5 nitrogen and oxygen atoms in total. The Kier molecular flexibility index (Phi) is 4.79. The van der Waals surface area contributed by atoms with Crippen molar-refractivity contribution in [1.82, 2.24) is 0 Å². The molecule has 2 aromatic carbocycles. The van der Waals surface area contributed by atoms with Gasteiger partial charge in [0, 0.05) is 0 Å². The van der Waals surface area contributed by atoms with Crippen molar-refractivity contribution in [2.24, 2.45) is 0 Å². The minimum absolute atomic E-state index is 0.0126. The van der Waals surface area contributed by atoms with Crippen LogP contribution in [0.3, 0.4) is 0 Å². The zero-order valence-electron chi connectivity index (χ0n) is 14.1. The van der Waals surface area contributed by atoms with Crippen LogP contribution >= 0.6 is 0 Å². The van der Waals surface area contributed by atoms with Crippen molar-refractivity contribution >= 4 is 25.5 Å². The van der Waals surface area contributed by atoms with E-state index in [9.17, 15) is 16.8 Å². The van der Waals surface area contributed by atoms with Gasteiger partial charge in [0.1, 0.15) is 0 Å². The van der Waals surface area contributed by atoms with Gasteiger partial charge in [-0.2, -0.15) is 0 Å². The molecule has 0 aliphatic rings. The number of anilines is 1. The Bertz CT molecular complexity index is 939. The van der Waals surface area contributed by atoms with Gasteiger partial charge in [0.15, 0.2) is 9.84 Å². The molecular formula is C17H21NO4S2. The van der Waals surface area contributed by atoms with E-state index in [1.165, 1.54) is 24.3 Å². The molecule has 2 rings (SSSR count). The van der Waals surface area contributed by atoms with Crippen molar-refractivity contribution in [3.63, 3.8) is 0 Å². The van der Waals surface area contributed by atoms with Gasteiger partial charge in [-0.15, -0.1) is 0 Å². The summed E-state index contributed by atoms with van der Waals surface area (Å²) in [6.07, 6.45) is 0. The Balaban J connectivity index is 2.36. The van der Waals surface area contributed by atoms with Gasteiger partial charge in [-0.05, 0) is 63.6 Å². The second kappa shape index (κ2) is 6.22. The maximum atomic E-state index is 12.5. The molecule has 0 atom stereocenters. The molecule has 0 bridgehead atoms. The topological polar surface area (TPSA) is 80.3 Å². The molecule has 0 spiro atoms. The molecule has 0 aromatic heterocycles. The fourth-order valence-electron chi connectivity index (χ4n) is 2.04. The van der Waals surface area contributed by atoms with Crippen LogP contribution in [0.5, 0.6) is 0 Å². The number of hydrogen-bond acceptors (Lipinski definition) is 4. The van der Waals surface area contributed by atoms with E-state index in [2.05, 4.69) is 4.72 Å². The first kappa shape index (κ1) is 18.5. The number of hydrogen-bond donors (Lipinski definition) is 1. The first-order valence-electron chi connectivity index (χ1n) is 7.38. The van der Waals surface area contributed by atoms with E-state index < -0.39 is 24.6 Å². The summed E-state index contributed by atoms with van der Waals surface area (Å²) < 4.78 is 51.2. The second-order valence-electron chi connectivity index (χ2n) is 6.51. The number of sulfone groups is 1. The van der Waals surface area contributed by atoms with E-state index in [1.54, 1.807) is 45.9 Å². The van der Waals surface area contributed by atoms with Gasteiger partial charge in [-0.3, -0.25) is 4.72 Å². The summed E-state index contributed by atoms with van der Waals surface area (Å²) >= 11 is 0. The number of benzene rings is 2. The van der Waals surface area contributed by atoms with E-state index >= 15 is 0 Å². The number of sulfonamides is 1. The number of rotatable bonds is 4. The van der Waals surface area contributed by atoms with Crippen LogP contribution in [-0.2, 0) is 19.9 Å². The predicted octanol–water partition coefficient (Wildman–Crippen LogP) is 3.37. The monoisotopic (exact) mass is 367 g/mol. The zero-order valence-corrected chi connectivity index (χ0v) is 15.7. The molecule has 0 aliphatic heterocycles. The van der Waals surface area contributed by atoms with Gasteiger partial charge in [0.05, 0.1) is 20.2 Å². The summed E-state index contributed by atoms with van der Waals surface area (Å²) in [6.45, 7) is 6.61. The van der Waals surface area contributed by atoms with Crippen molar-refractivity contribution < 1.29 is 16.8 Å². The lowest BCUT2D eigenvalue weighted by molar-refractivity contribution is 0.560. The summed E-state index contributed by atoms with van der Waals surface area (Å²) in [5, 5.41) is 0. The lowest BCUT2D eigenvalue weighted by atomic mass is 10.2. The van der Waals surface area contributed by atoms with Gasteiger partial charge in [0.25, 0.3) is 10.0 Å². The molecule has 1 N–H and O–H groups in total. The fourth-order valence-corrected chi connectivity index (χ4v) is 4.37. The molecule has 0 fully saturated rings. The average molecular weight is 367 g/mol. The van der Waals surface area contributed by atoms with Crippen molar-refractivity contribution in [1.29, 1.82) is 0 Å². The molecule has 0 amide bonds. The minimum Gasteiger partial charge on any atom is -0.279 e. The highest BCUT2D eigenvalue weighted by Crippen LogP contribution is 2.26. The molecule has 0 radical (unpaired) electrons. The highest BCUT2D eigenvalue weighted by molar-refractivity contribution is 7.93. The SMILES string of the molecule is Cc1ccccc1NS(=O)(=O)c1ccc(S(=O)(=O)C(C)(C)C)cc1. The minimum atomic E-state index is -3.78. The van der Waals surface area contributed by atoms with Crippen LogP contribution in [0.1, 0.15) is 26.3 Å². The van der Waals surface area contributed by atoms with Crippen LogP contribution in [0.2, 0.25) is 0 Å². The number of nitrogens with one attached hydrogen (secondary N) is 1. The molecule has 0 saturated carbocycles. The van der Waals surface area contributed by atoms with E-state index in [1.807, 2.05) is 6.07 Å². The van der Waals surface area contributed by atoms with Crippen molar-refractivity contribution in [2.75, 3.05) is 4.72 Å². The van der Waals surface area contributed by atoms with E-state index in [0.717, 1.165) is 5.56 Å². The molecule has 0 unspecified atom stereocenters. The van der Waals surface area contributed by atoms with Crippen molar-refractivity contribution in [3.05, 3.63) is 54.1 Å². The Morgan fingerprint density at radius 2 is 1.29 bits per heavy atom. The van der Waals surface area contributed by atoms with E-state index in [-0.39, 0.29) is 9.79 Å². The van der Waals surface area contributed by atoms with Gasteiger partial charge < -0.3 is 0 Å². The molecule has 0 aliphatic carbocycles. The molecule has 0 saturated heterocycles. The van der Waals surface area contributed by atoms with Crippen LogP contribution < -0.4 is 4.72 Å². The summed E-state index contributed by atoms with van der Waals surface area (Å²) in [5.41, 5.74) is 1.29. The fraction of sp³-hybridized carbons (Fsp3) is 0.294. The largest absolute Gasteiger partial charge is 0.279 e. The second-order valence-corrected chi connectivity index (χ2v) is 10.9. The quantitative estimate of drug-likeness (QED) is 0.898. The van der Waals surface area contributed by atoms with Crippen LogP contribution in [0.15, 0.2) is 58.3 Å². The van der Waals surface area contributed by atoms with Crippen LogP contribution in [0.4, 0.5) is 5.69 Å². The highest BCUT2D eigenvalue weighted by Gasteiger charge is 2.31. The lowest BCUT2D eigenvalue weighted by Gasteiger charge is -2.19. The van der Waals surface area contributed by atoms with Crippen molar-refractivity contribution in [2.45, 2.75) is 42.2 Å². The number of para-hydroxylation sites is 1. The maximum Gasteiger partial charge on any atom is 0.261 e. The van der Waals surface area contributed by atoms with E-state index in [4.69, 9.17) is 0 Å². The molecular weight excluding hydrogens is 346 g/mol. The van der Waals surface area contributed by atoms with E-state index in [0.29, 0.717) is 5.69 Å². The Morgan fingerprint density at radius 1 is 0.792 bits per heavy atom. The third kappa shape index (κ3) is 3.62. The highest BCUT2D eigenvalue weighted by atomic mass is 32.2. The maximum absolute atomic E-state index is 12.5. The van der Waals surface area contributed by atoms with Gasteiger partial charge >= 0.3 is 0 Å².